The normalized spacial score (nSPS) is 10.8. The van der Waals surface area contributed by atoms with E-state index >= 15 is 0 Å². The maximum atomic E-state index is 13.2. The number of aryl methyl sites for hydroxylation is 2. The van der Waals surface area contributed by atoms with Crippen LogP contribution >= 0.6 is 0 Å². The highest BCUT2D eigenvalue weighted by Crippen LogP contribution is 2.18. The minimum atomic E-state index is -0.458. The molecule has 0 aliphatic heterocycles. The molecule has 0 spiro atoms. The van der Waals surface area contributed by atoms with E-state index in [0.717, 1.165) is 16.9 Å². The van der Waals surface area contributed by atoms with Gasteiger partial charge in [-0.25, -0.2) is 9.78 Å². The van der Waals surface area contributed by atoms with Crippen molar-refractivity contribution in [3.63, 3.8) is 0 Å². The zero-order valence-corrected chi connectivity index (χ0v) is 19.9. The van der Waals surface area contributed by atoms with Crippen LogP contribution < -0.4 is 15.0 Å². The lowest BCUT2D eigenvalue weighted by Crippen LogP contribution is -2.27. The number of carbonyl (C=O) groups is 1. The van der Waals surface area contributed by atoms with Gasteiger partial charge in [0.25, 0.3) is 5.56 Å². The Labute approximate surface area is 203 Å². The molecule has 7 nitrogen and oxygen atoms in total. The average molecular weight is 473 g/mol. The number of aromatic nitrogens is 2. The second-order valence-electron chi connectivity index (χ2n) is 8.18. The summed E-state index contributed by atoms with van der Waals surface area (Å²) in [5.41, 5.74) is 2.43. The van der Waals surface area contributed by atoms with Crippen molar-refractivity contribution in [2.24, 2.45) is 0 Å². The second-order valence-corrected chi connectivity index (χ2v) is 8.18. The molecule has 1 heterocycles. The van der Waals surface area contributed by atoms with E-state index in [0.29, 0.717) is 35.4 Å². The summed E-state index contributed by atoms with van der Waals surface area (Å²) in [5, 5.41) is 0.538. The van der Waals surface area contributed by atoms with Crippen molar-refractivity contribution in [1.82, 2.24) is 9.55 Å². The van der Waals surface area contributed by atoms with E-state index < -0.39 is 5.97 Å². The Morgan fingerprint density at radius 1 is 0.857 bits per heavy atom. The lowest BCUT2D eigenvalue weighted by Gasteiger charge is -2.15. The maximum absolute atomic E-state index is 13.2. The largest absolute Gasteiger partial charge is 0.485 e. The molecule has 0 bridgehead atoms. The second kappa shape index (κ2) is 11.3. The van der Waals surface area contributed by atoms with Crippen molar-refractivity contribution in [2.45, 2.75) is 33.4 Å². The molecule has 0 N–H and O–H groups in total. The van der Waals surface area contributed by atoms with Crippen LogP contribution in [0.4, 0.5) is 0 Å². The first-order valence-electron chi connectivity index (χ1n) is 11.5. The summed E-state index contributed by atoms with van der Waals surface area (Å²) in [6.07, 6.45) is 0.452. The zero-order chi connectivity index (χ0) is 24.6. The molecular weight excluding hydrogens is 444 g/mol. The first-order valence-corrected chi connectivity index (χ1v) is 11.5. The number of nitrogens with zero attached hydrogens (tertiary/aromatic N) is 2. The summed E-state index contributed by atoms with van der Waals surface area (Å²) in [4.78, 5) is 30.0. The molecule has 0 radical (unpaired) electrons. The number of para-hydroxylation sites is 3. The monoisotopic (exact) mass is 472 g/mol. The zero-order valence-electron chi connectivity index (χ0n) is 19.9. The fourth-order valence-corrected chi connectivity index (χ4v) is 3.72. The Morgan fingerprint density at radius 2 is 1.49 bits per heavy atom. The summed E-state index contributed by atoms with van der Waals surface area (Å²) in [6.45, 7) is 4.36. The molecule has 0 amide bonds. The van der Waals surface area contributed by atoms with E-state index in [-0.39, 0.29) is 25.4 Å². The summed E-state index contributed by atoms with van der Waals surface area (Å²) in [5.74, 6) is 1.45. The van der Waals surface area contributed by atoms with Crippen LogP contribution in [0.25, 0.3) is 10.9 Å². The van der Waals surface area contributed by atoms with Gasteiger partial charge in [-0.2, -0.15) is 0 Å². The number of rotatable bonds is 10. The number of esters is 1. The van der Waals surface area contributed by atoms with Crippen molar-refractivity contribution in [1.29, 1.82) is 0 Å². The Balaban J connectivity index is 1.40. The van der Waals surface area contributed by atoms with Gasteiger partial charge in [-0.1, -0.05) is 48.5 Å². The Hall–Kier alpha value is -4.13. The highest BCUT2D eigenvalue weighted by molar-refractivity contribution is 5.77. The highest BCUT2D eigenvalue weighted by Gasteiger charge is 2.13. The minimum absolute atomic E-state index is 0.145. The first kappa shape index (κ1) is 24.0. The quantitative estimate of drug-likeness (QED) is 0.248. The highest BCUT2D eigenvalue weighted by atomic mass is 16.6. The van der Waals surface area contributed by atoms with Crippen LogP contribution in [0.3, 0.4) is 0 Å². The van der Waals surface area contributed by atoms with Gasteiger partial charge in [0, 0.05) is 6.54 Å². The van der Waals surface area contributed by atoms with Gasteiger partial charge in [0.1, 0.15) is 23.9 Å². The van der Waals surface area contributed by atoms with Gasteiger partial charge >= 0.3 is 5.97 Å². The number of hydrogen-bond donors (Lipinski definition) is 0. The van der Waals surface area contributed by atoms with Gasteiger partial charge < -0.3 is 14.2 Å². The number of benzene rings is 3. The number of carbonyl (C=O) groups excluding carboxylic acids is 1. The topological polar surface area (TPSA) is 79.7 Å². The predicted octanol–water partition coefficient (Wildman–Crippen LogP) is 4.60. The Bertz CT molecular complexity index is 1380. The third-order valence-electron chi connectivity index (χ3n) is 5.62. The molecule has 7 heteroatoms. The molecule has 180 valence electrons. The van der Waals surface area contributed by atoms with Crippen molar-refractivity contribution >= 4 is 16.9 Å². The molecule has 0 aliphatic carbocycles. The fourth-order valence-electron chi connectivity index (χ4n) is 3.72. The molecule has 1 aromatic heterocycles. The van der Waals surface area contributed by atoms with E-state index in [4.69, 9.17) is 14.2 Å². The molecule has 0 atom stereocenters. The van der Waals surface area contributed by atoms with E-state index in [2.05, 4.69) is 4.98 Å². The first-order chi connectivity index (χ1) is 17.0. The maximum Gasteiger partial charge on any atom is 0.344 e. The van der Waals surface area contributed by atoms with Crippen molar-refractivity contribution < 1.29 is 19.0 Å². The standard InChI is InChI=1S/C28H28N2O5/c1-20-10-3-7-14-24(20)34-18-26-29-23-13-6-5-12-22(23)28(32)30(26)16-9-17-33-27(31)19-35-25-15-8-4-11-21(25)2/h3-8,10-15H,9,16-19H2,1-2H3. The minimum Gasteiger partial charge on any atom is -0.485 e. The smallest absolute Gasteiger partial charge is 0.344 e. The van der Waals surface area contributed by atoms with Crippen LogP contribution in [0.15, 0.2) is 77.6 Å². The lowest BCUT2D eigenvalue weighted by atomic mass is 10.2. The van der Waals surface area contributed by atoms with Crippen molar-refractivity contribution in [3.05, 3.63) is 100 Å². The molecule has 3 aromatic carbocycles. The number of fused-ring (bicyclic) bond motifs is 1. The van der Waals surface area contributed by atoms with Gasteiger partial charge in [-0.05, 0) is 55.7 Å². The summed E-state index contributed by atoms with van der Waals surface area (Å²) in [6, 6.07) is 22.4. The van der Waals surface area contributed by atoms with E-state index in [1.54, 1.807) is 10.6 Å². The lowest BCUT2D eigenvalue weighted by molar-refractivity contribution is -0.146. The van der Waals surface area contributed by atoms with E-state index in [1.165, 1.54) is 0 Å². The molecule has 4 rings (SSSR count). The van der Waals surface area contributed by atoms with Crippen molar-refractivity contribution in [2.75, 3.05) is 13.2 Å². The summed E-state index contributed by atoms with van der Waals surface area (Å²) >= 11 is 0. The molecule has 0 saturated carbocycles. The molecule has 0 saturated heterocycles. The Morgan fingerprint density at radius 3 is 2.20 bits per heavy atom. The summed E-state index contributed by atoms with van der Waals surface area (Å²) in [7, 11) is 0. The third-order valence-corrected chi connectivity index (χ3v) is 5.62. The van der Waals surface area contributed by atoms with Gasteiger partial charge in [0.15, 0.2) is 6.61 Å². The molecule has 4 aromatic rings. The van der Waals surface area contributed by atoms with E-state index in [9.17, 15) is 9.59 Å². The fraction of sp³-hybridized carbons (Fsp3) is 0.250. The molecule has 0 aliphatic rings. The van der Waals surface area contributed by atoms with E-state index in [1.807, 2.05) is 80.6 Å². The number of hydrogen-bond acceptors (Lipinski definition) is 6. The van der Waals surface area contributed by atoms with Crippen LogP contribution in [-0.4, -0.2) is 28.7 Å². The van der Waals surface area contributed by atoms with Crippen molar-refractivity contribution in [3.8, 4) is 11.5 Å². The van der Waals surface area contributed by atoms with Gasteiger partial charge in [0.05, 0.1) is 17.5 Å². The third kappa shape index (κ3) is 6.06. The summed E-state index contributed by atoms with van der Waals surface area (Å²) < 4.78 is 18.4. The van der Waals surface area contributed by atoms with Crippen LogP contribution in [0.2, 0.25) is 0 Å². The Kier molecular flexibility index (Phi) is 7.77. The van der Waals surface area contributed by atoms with Crippen LogP contribution in [0.5, 0.6) is 11.5 Å². The molecule has 0 fully saturated rings. The van der Waals surface area contributed by atoms with Crippen LogP contribution in [-0.2, 0) is 22.7 Å². The molecule has 35 heavy (non-hydrogen) atoms. The van der Waals surface area contributed by atoms with Crippen LogP contribution in [0.1, 0.15) is 23.4 Å². The molecular formula is C28H28N2O5. The molecule has 0 unspecified atom stereocenters. The predicted molar refractivity (Wildman–Crippen MR) is 134 cm³/mol. The van der Waals surface area contributed by atoms with Gasteiger partial charge in [-0.15, -0.1) is 0 Å². The number of ether oxygens (including phenoxy) is 3. The van der Waals surface area contributed by atoms with Gasteiger partial charge in [0.2, 0.25) is 0 Å². The average Bonchev–Trinajstić information content (AvgIpc) is 2.87. The van der Waals surface area contributed by atoms with Gasteiger partial charge in [-0.3, -0.25) is 9.36 Å². The van der Waals surface area contributed by atoms with Crippen LogP contribution in [0, 0.1) is 13.8 Å². The SMILES string of the molecule is Cc1ccccc1OCC(=O)OCCCn1c(COc2ccccc2C)nc2ccccc2c1=O.